The highest BCUT2D eigenvalue weighted by Crippen LogP contribution is 2.45. The molecule has 0 atom stereocenters. The Morgan fingerprint density at radius 1 is 1.06 bits per heavy atom. The molecule has 8 heteroatoms. The Balaban J connectivity index is 1.46. The number of hydrogen-bond donors (Lipinski definition) is 0. The van der Waals surface area contributed by atoms with Crippen LogP contribution in [0.25, 0.3) is 11.0 Å². The third-order valence-electron chi connectivity index (χ3n) is 5.68. The molecule has 0 saturated heterocycles. The van der Waals surface area contributed by atoms with Gasteiger partial charge < -0.3 is 9.47 Å². The normalized spacial score (nSPS) is 21.2. The van der Waals surface area contributed by atoms with Gasteiger partial charge >= 0.3 is 12.2 Å². The molecule has 2 aromatic rings. The van der Waals surface area contributed by atoms with E-state index in [1.165, 1.54) is 12.8 Å². The Hall–Kier alpha value is -2.64. The van der Waals surface area contributed by atoms with Gasteiger partial charge in [0.2, 0.25) is 0 Å². The SMILES string of the molecule is CC(C)(C)OC(=O)N(CC1CC(n2nc(C3CC3)c3cccnc32)C1)C(=O)OC(C)(C)C. The summed E-state index contributed by atoms with van der Waals surface area (Å²) in [4.78, 5) is 31.2. The standard InChI is InChI=1S/C24H34N4O4/c1-23(2,3)31-21(29)27(22(30)32-24(4,5)6)14-15-12-17(13-15)28-20-18(8-7-11-25-20)19(26-28)16-9-10-16/h7-8,11,15-17H,9-10,12-14H2,1-6H3. The van der Waals surface area contributed by atoms with Crippen LogP contribution in [0.1, 0.15) is 84.9 Å². The lowest BCUT2D eigenvalue weighted by Gasteiger charge is -2.38. The van der Waals surface area contributed by atoms with Crippen molar-refractivity contribution < 1.29 is 19.1 Å². The first-order chi connectivity index (χ1) is 14.9. The predicted molar refractivity (Wildman–Crippen MR) is 120 cm³/mol. The first kappa shape index (κ1) is 22.6. The van der Waals surface area contributed by atoms with Crippen molar-refractivity contribution in [2.24, 2.45) is 5.92 Å². The molecule has 0 radical (unpaired) electrons. The molecule has 174 valence electrons. The quantitative estimate of drug-likeness (QED) is 0.627. The third-order valence-corrected chi connectivity index (χ3v) is 5.68. The average molecular weight is 443 g/mol. The van der Waals surface area contributed by atoms with E-state index >= 15 is 0 Å². The van der Waals surface area contributed by atoms with Gasteiger partial charge in [-0.25, -0.2) is 24.2 Å². The van der Waals surface area contributed by atoms with E-state index in [0.29, 0.717) is 5.92 Å². The maximum atomic E-state index is 12.7. The summed E-state index contributed by atoms with van der Waals surface area (Å²) in [5.74, 6) is 0.709. The molecule has 32 heavy (non-hydrogen) atoms. The van der Waals surface area contributed by atoms with E-state index in [4.69, 9.17) is 14.6 Å². The highest BCUT2D eigenvalue weighted by molar-refractivity contribution is 5.88. The number of ether oxygens (including phenoxy) is 2. The summed E-state index contributed by atoms with van der Waals surface area (Å²) in [6, 6.07) is 4.27. The van der Waals surface area contributed by atoms with E-state index in [-0.39, 0.29) is 18.5 Å². The van der Waals surface area contributed by atoms with Gasteiger partial charge in [0.05, 0.1) is 11.7 Å². The minimum atomic E-state index is -0.696. The molecule has 2 amide bonds. The Kier molecular flexibility index (Phi) is 5.67. The number of nitrogens with zero attached hydrogens (tertiary/aromatic N) is 4. The second-order valence-electron chi connectivity index (χ2n) is 11.0. The minimum absolute atomic E-state index is 0.160. The van der Waals surface area contributed by atoms with Gasteiger partial charge in [-0.1, -0.05) is 0 Å². The van der Waals surface area contributed by atoms with E-state index in [9.17, 15) is 9.59 Å². The van der Waals surface area contributed by atoms with Crippen LogP contribution in [-0.4, -0.2) is 49.6 Å². The molecular formula is C24H34N4O4. The number of hydrogen-bond acceptors (Lipinski definition) is 6. The average Bonchev–Trinajstić information content (AvgIpc) is 3.39. The lowest BCUT2D eigenvalue weighted by atomic mass is 9.80. The zero-order valence-electron chi connectivity index (χ0n) is 19.9. The maximum absolute atomic E-state index is 12.7. The van der Waals surface area contributed by atoms with E-state index in [1.807, 2.05) is 10.7 Å². The van der Waals surface area contributed by atoms with Crippen molar-refractivity contribution in [2.45, 2.75) is 90.4 Å². The van der Waals surface area contributed by atoms with Gasteiger partial charge in [-0.3, -0.25) is 0 Å². The molecule has 0 N–H and O–H groups in total. The number of carbonyl (C=O) groups is 2. The summed E-state index contributed by atoms with van der Waals surface area (Å²) in [6.45, 7) is 11.0. The number of imide groups is 1. The number of carbonyl (C=O) groups excluding carboxylic acids is 2. The molecule has 2 aliphatic rings. The van der Waals surface area contributed by atoms with Crippen molar-refractivity contribution in [1.82, 2.24) is 19.7 Å². The Morgan fingerprint density at radius 3 is 2.19 bits per heavy atom. The smallest absolute Gasteiger partial charge is 0.419 e. The lowest BCUT2D eigenvalue weighted by molar-refractivity contribution is -0.00632. The zero-order valence-corrected chi connectivity index (χ0v) is 19.9. The van der Waals surface area contributed by atoms with Gasteiger partial charge in [-0.2, -0.15) is 5.10 Å². The summed E-state index contributed by atoms with van der Waals surface area (Å²) >= 11 is 0. The van der Waals surface area contributed by atoms with Crippen LogP contribution in [0.2, 0.25) is 0 Å². The Labute approximate surface area is 189 Å². The van der Waals surface area contributed by atoms with Gasteiger partial charge in [0.25, 0.3) is 0 Å². The van der Waals surface area contributed by atoms with Crippen molar-refractivity contribution in [2.75, 3.05) is 6.54 Å². The van der Waals surface area contributed by atoms with Gasteiger partial charge in [0.1, 0.15) is 11.2 Å². The van der Waals surface area contributed by atoms with Crippen LogP contribution in [0.5, 0.6) is 0 Å². The highest BCUT2D eigenvalue weighted by Gasteiger charge is 2.40. The molecular weight excluding hydrogens is 408 g/mol. The van der Waals surface area contributed by atoms with E-state index in [1.54, 1.807) is 47.7 Å². The number of rotatable bonds is 4. The molecule has 0 spiro atoms. The first-order valence-corrected chi connectivity index (χ1v) is 11.5. The summed E-state index contributed by atoms with van der Waals surface area (Å²) in [7, 11) is 0. The van der Waals surface area contributed by atoms with Crippen LogP contribution in [0.4, 0.5) is 9.59 Å². The van der Waals surface area contributed by atoms with Crippen molar-refractivity contribution in [3.05, 3.63) is 24.0 Å². The molecule has 0 unspecified atom stereocenters. The zero-order chi connectivity index (χ0) is 23.3. The molecule has 2 fully saturated rings. The summed E-state index contributed by atoms with van der Waals surface area (Å²) < 4.78 is 13.0. The van der Waals surface area contributed by atoms with Gasteiger partial charge in [-0.05, 0) is 85.3 Å². The molecule has 2 aliphatic carbocycles. The van der Waals surface area contributed by atoms with Crippen LogP contribution in [-0.2, 0) is 9.47 Å². The van der Waals surface area contributed by atoms with Gasteiger partial charge in [0, 0.05) is 24.0 Å². The third kappa shape index (κ3) is 5.05. The fraction of sp³-hybridized carbons (Fsp3) is 0.667. The second-order valence-corrected chi connectivity index (χ2v) is 11.0. The summed E-state index contributed by atoms with van der Waals surface area (Å²) in [6.07, 6.45) is 4.48. The number of fused-ring (bicyclic) bond motifs is 1. The Morgan fingerprint density at radius 2 is 1.66 bits per heavy atom. The molecule has 8 nitrogen and oxygen atoms in total. The first-order valence-electron chi connectivity index (χ1n) is 11.5. The molecule has 0 bridgehead atoms. The second kappa shape index (κ2) is 8.05. The highest BCUT2D eigenvalue weighted by atomic mass is 16.6. The van der Waals surface area contributed by atoms with Gasteiger partial charge in [-0.15, -0.1) is 0 Å². The summed E-state index contributed by atoms with van der Waals surface area (Å²) in [5.41, 5.74) is 0.686. The van der Waals surface area contributed by atoms with E-state index < -0.39 is 23.4 Å². The molecule has 2 aromatic heterocycles. The topological polar surface area (TPSA) is 86.5 Å². The van der Waals surface area contributed by atoms with E-state index in [2.05, 4.69) is 11.1 Å². The monoisotopic (exact) mass is 442 g/mol. The lowest BCUT2D eigenvalue weighted by Crippen LogP contribution is -2.47. The Bertz CT molecular complexity index is 979. The van der Waals surface area contributed by atoms with Crippen molar-refractivity contribution in [1.29, 1.82) is 0 Å². The van der Waals surface area contributed by atoms with Crippen LogP contribution < -0.4 is 0 Å². The number of pyridine rings is 1. The minimum Gasteiger partial charge on any atom is -0.443 e. The van der Waals surface area contributed by atoms with E-state index in [0.717, 1.165) is 34.5 Å². The fourth-order valence-corrected chi connectivity index (χ4v) is 4.07. The predicted octanol–water partition coefficient (Wildman–Crippen LogP) is 5.43. The number of aromatic nitrogens is 3. The molecule has 0 aliphatic heterocycles. The largest absolute Gasteiger partial charge is 0.443 e. The molecule has 2 heterocycles. The molecule has 0 aromatic carbocycles. The van der Waals surface area contributed by atoms with Crippen molar-refractivity contribution in [3.63, 3.8) is 0 Å². The van der Waals surface area contributed by atoms with Crippen LogP contribution in [0.3, 0.4) is 0 Å². The summed E-state index contributed by atoms with van der Waals surface area (Å²) in [5, 5.41) is 6.05. The van der Waals surface area contributed by atoms with Crippen molar-refractivity contribution in [3.8, 4) is 0 Å². The fourth-order valence-electron chi connectivity index (χ4n) is 4.07. The molecule has 4 rings (SSSR count). The van der Waals surface area contributed by atoms with Gasteiger partial charge in [0.15, 0.2) is 5.65 Å². The van der Waals surface area contributed by atoms with Crippen LogP contribution in [0, 0.1) is 5.92 Å². The number of amides is 2. The van der Waals surface area contributed by atoms with Crippen LogP contribution in [0.15, 0.2) is 18.3 Å². The molecule has 2 saturated carbocycles. The maximum Gasteiger partial charge on any atom is 0.419 e. The van der Waals surface area contributed by atoms with Crippen LogP contribution >= 0.6 is 0 Å². The van der Waals surface area contributed by atoms with Crippen molar-refractivity contribution >= 4 is 23.2 Å².